The smallest absolute Gasteiger partial charge is 0.223 e. The Morgan fingerprint density at radius 3 is 1.62 bits per heavy atom. The number of ether oxygens (including phenoxy) is 1. The van der Waals surface area contributed by atoms with E-state index in [2.05, 4.69) is 34.9 Å². The van der Waals surface area contributed by atoms with Crippen molar-refractivity contribution in [1.29, 1.82) is 0 Å². The van der Waals surface area contributed by atoms with Gasteiger partial charge in [0.05, 0.1) is 6.10 Å². The molecule has 29 heavy (non-hydrogen) atoms. The highest BCUT2D eigenvalue weighted by Crippen LogP contribution is 2.48. The molecule has 2 aliphatic carbocycles. The van der Waals surface area contributed by atoms with Gasteiger partial charge in [-0.05, 0) is 35.8 Å². The van der Waals surface area contributed by atoms with Crippen LogP contribution in [0.15, 0.2) is 60.7 Å². The standard InChI is InChI=1S/C24H28N2O3/c1-29-18(14-25-23(27)21-12-19(21)16-8-4-2-5-9-16)15-26-24(28)22-13-20(22)17-10-6-3-7-11-17/h2-11,18-22H,12-15H2,1H3,(H,25,27)(H,26,28). The van der Waals surface area contributed by atoms with Crippen molar-refractivity contribution in [3.63, 3.8) is 0 Å². The van der Waals surface area contributed by atoms with Crippen molar-refractivity contribution in [2.24, 2.45) is 11.8 Å². The maximum absolute atomic E-state index is 12.4. The quantitative estimate of drug-likeness (QED) is 0.690. The lowest BCUT2D eigenvalue weighted by Gasteiger charge is -2.17. The van der Waals surface area contributed by atoms with Crippen molar-refractivity contribution in [1.82, 2.24) is 10.6 Å². The Labute approximate surface area is 171 Å². The van der Waals surface area contributed by atoms with E-state index >= 15 is 0 Å². The van der Waals surface area contributed by atoms with Crippen LogP contribution in [0.1, 0.15) is 35.8 Å². The van der Waals surface area contributed by atoms with Crippen LogP contribution in [0.2, 0.25) is 0 Å². The number of hydrogen-bond acceptors (Lipinski definition) is 3. The zero-order valence-electron chi connectivity index (χ0n) is 16.7. The van der Waals surface area contributed by atoms with Gasteiger partial charge in [0.1, 0.15) is 0 Å². The van der Waals surface area contributed by atoms with E-state index in [0.717, 1.165) is 12.8 Å². The van der Waals surface area contributed by atoms with Crippen LogP contribution in [0.4, 0.5) is 0 Å². The predicted octanol–water partition coefficient (Wildman–Crippen LogP) is 2.84. The summed E-state index contributed by atoms with van der Waals surface area (Å²) in [6.07, 6.45) is 1.56. The first-order valence-electron chi connectivity index (χ1n) is 10.4. The third-order valence-corrected chi connectivity index (χ3v) is 6.05. The Morgan fingerprint density at radius 1 is 0.828 bits per heavy atom. The van der Waals surface area contributed by atoms with E-state index in [1.807, 2.05) is 36.4 Å². The van der Waals surface area contributed by atoms with Gasteiger partial charge in [-0.25, -0.2) is 0 Å². The first kappa shape index (κ1) is 19.6. The summed E-state index contributed by atoms with van der Waals surface area (Å²) in [7, 11) is 1.61. The van der Waals surface area contributed by atoms with Crippen LogP contribution < -0.4 is 10.6 Å². The van der Waals surface area contributed by atoms with Crippen molar-refractivity contribution in [3.8, 4) is 0 Å². The van der Waals surface area contributed by atoms with Gasteiger partial charge < -0.3 is 15.4 Å². The number of amides is 2. The van der Waals surface area contributed by atoms with E-state index in [9.17, 15) is 9.59 Å². The molecule has 2 aromatic rings. The summed E-state index contributed by atoms with van der Waals surface area (Å²) in [5.41, 5.74) is 2.45. The number of carbonyl (C=O) groups is 2. The minimum absolute atomic E-state index is 0.0441. The highest BCUT2D eigenvalue weighted by Gasteiger charge is 2.44. The normalized spacial score (nSPS) is 25.7. The van der Waals surface area contributed by atoms with Gasteiger partial charge in [0.25, 0.3) is 0 Å². The van der Waals surface area contributed by atoms with E-state index in [0.29, 0.717) is 24.9 Å². The zero-order valence-corrected chi connectivity index (χ0v) is 16.7. The maximum atomic E-state index is 12.4. The van der Waals surface area contributed by atoms with Crippen LogP contribution in [0.25, 0.3) is 0 Å². The Morgan fingerprint density at radius 2 is 1.24 bits per heavy atom. The highest BCUT2D eigenvalue weighted by molar-refractivity contribution is 5.83. The Kier molecular flexibility index (Phi) is 5.95. The van der Waals surface area contributed by atoms with Gasteiger partial charge in [-0.15, -0.1) is 0 Å². The van der Waals surface area contributed by atoms with Gasteiger partial charge in [-0.3, -0.25) is 9.59 Å². The Balaban J connectivity index is 1.18. The van der Waals surface area contributed by atoms with E-state index in [-0.39, 0.29) is 29.8 Å². The number of rotatable bonds is 9. The molecule has 152 valence electrons. The topological polar surface area (TPSA) is 67.4 Å². The average Bonchev–Trinajstić information content (AvgIpc) is 3.68. The summed E-state index contributed by atoms with van der Waals surface area (Å²) in [5.74, 6) is 0.866. The van der Waals surface area contributed by atoms with E-state index in [4.69, 9.17) is 4.74 Å². The summed E-state index contributed by atoms with van der Waals surface area (Å²) in [5, 5.41) is 5.97. The fourth-order valence-corrected chi connectivity index (χ4v) is 4.04. The van der Waals surface area contributed by atoms with Crippen LogP contribution in [-0.2, 0) is 14.3 Å². The average molecular weight is 392 g/mol. The molecule has 0 spiro atoms. The molecule has 5 heteroatoms. The van der Waals surface area contributed by atoms with E-state index in [1.54, 1.807) is 7.11 Å². The van der Waals surface area contributed by atoms with Crippen LogP contribution in [0.3, 0.4) is 0 Å². The molecular weight excluding hydrogens is 364 g/mol. The molecule has 4 unspecified atom stereocenters. The molecular formula is C24H28N2O3. The maximum Gasteiger partial charge on any atom is 0.223 e. The molecule has 0 aliphatic heterocycles. The highest BCUT2D eigenvalue weighted by atomic mass is 16.5. The van der Waals surface area contributed by atoms with Gasteiger partial charge in [0, 0.05) is 32.0 Å². The van der Waals surface area contributed by atoms with Crippen LogP contribution in [0.5, 0.6) is 0 Å². The van der Waals surface area contributed by atoms with Gasteiger partial charge in [0.2, 0.25) is 11.8 Å². The minimum atomic E-state index is -0.231. The molecule has 0 bridgehead atoms. The Hall–Kier alpha value is -2.66. The molecule has 0 radical (unpaired) electrons. The summed E-state index contributed by atoms with van der Waals surface area (Å²) in [6.45, 7) is 0.806. The van der Waals surface area contributed by atoms with Gasteiger partial charge in [-0.2, -0.15) is 0 Å². The number of methoxy groups -OCH3 is 1. The zero-order chi connectivity index (χ0) is 20.2. The first-order chi connectivity index (χ1) is 14.2. The van der Waals surface area contributed by atoms with Gasteiger partial charge in [-0.1, -0.05) is 60.7 Å². The molecule has 2 saturated carbocycles. The Bertz CT molecular complexity index is 770. The van der Waals surface area contributed by atoms with Crippen molar-refractivity contribution < 1.29 is 14.3 Å². The van der Waals surface area contributed by atoms with Crippen molar-refractivity contribution in [2.75, 3.05) is 20.2 Å². The predicted molar refractivity (Wildman–Crippen MR) is 111 cm³/mol. The molecule has 5 nitrogen and oxygen atoms in total. The second-order valence-corrected chi connectivity index (χ2v) is 8.07. The molecule has 0 heterocycles. The fourth-order valence-electron chi connectivity index (χ4n) is 4.04. The monoisotopic (exact) mass is 392 g/mol. The molecule has 2 aliphatic rings. The number of benzene rings is 2. The molecule has 2 N–H and O–H groups in total. The molecule has 0 aromatic heterocycles. The van der Waals surface area contributed by atoms with Gasteiger partial charge >= 0.3 is 0 Å². The lowest BCUT2D eigenvalue weighted by molar-refractivity contribution is -0.123. The molecule has 0 saturated heterocycles. The third kappa shape index (κ3) is 4.85. The third-order valence-electron chi connectivity index (χ3n) is 6.05. The second-order valence-electron chi connectivity index (χ2n) is 8.07. The molecule has 4 rings (SSSR count). The summed E-state index contributed by atoms with van der Waals surface area (Å²) < 4.78 is 5.44. The van der Waals surface area contributed by atoms with Crippen LogP contribution in [0, 0.1) is 11.8 Å². The molecule has 2 amide bonds. The second kappa shape index (κ2) is 8.78. The van der Waals surface area contributed by atoms with E-state index < -0.39 is 0 Å². The first-order valence-corrected chi connectivity index (χ1v) is 10.4. The minimum Gasteiger partial charge on any atom is -0.378 e. The van der Waals surface area contributed by atoms with Crippen LogP contribution >= 0.6 is 0 Å². The number of nitrogens with one attached hydrogen (secondary N) is 2. The van der Waals surface area contributed by atoms with Crippen molar-refractivity contribution >= 4 is 11.8 Å². The summed E-state index contributed by atoms with van der Waals surface area (Å²) >= 11 is 0. The van der Waals surface area contributed by atoms with E-state index in [1.165, 1.54) is 11.1 Å². The van der Waals surface area contributed by atoms with Gasteiger partial charge in [0.15, 0.2) is 0 Å². The number of carbonyl (C=O) groups excluding carboxylic acids is 2. The lowest BCUT2D eigenvalue weighted by atomic mass is 10.1. The fraction of sp³-hybridized carbons (Fsp3) is 0.417. The largest absolute Gasteiger partial charge is 0.378 e. The van der Waals surface area contributed by atoms with Crippen LogP contribution in [-0.4, -0.2) is 38.1 Å². The molecule has 4 atom stereocenters. The molecule has 2 fully saturated rings. The molecule has 2 aromatic carbocycles. The van der Waals surface area contributed by atoms with Crippen molar-refractivity contribution in [3.05, 3.63) is 71.8 Å². The SMILES string of the molecule is COC(CNC(=O)C1CC1c1ccccc1)CNC(=O)C1CC1c1ccccc1. The summed E-state index contributed by atoms with van der Waals surface area (Å²) in [4.78, 5) is 24.8. The van der Waals surface area contributed by atoms with Crippen molar-refractivity contribution in [2.45, 2.75) is 30.8 Å². The lowest BCUT2D eigenvalue weighted by Crippen LogP contribution is -2.42. The summed E-state index contributed by atoms with van der Waals surface area (Å²) in [6, 6.07) is 20.3. The number of hydrogen-bond donors (Lipinski definition) is 2.